The van der Waals surface area contributed by atoms with Gasteiger partial charge in [0.25, 0.3) is 0 Å². The Bertz CT molecular complexity index is 562. The SMILES string of the molecule is COc1ccc(C2=CCC=C(CCC(=O)O)C=C2)cc1. The first kappa shape index (κ1) is 14.1. The van der Waals surface area contributed by atoms with Gasteiger partial charge in [-0.15, -0.1) is 0 Å². The molecule has 0 aliphatic heterocycles. The van der Waals surface area contributed by atoms with Gasteiger partial charge in [0, 0.05) is 6.42 Å². The lowest BCUT2D eigenvalue weighted by molar-refractivity contribution is -0.136. The van der Waals surface area contributed by atoms with E-state index in [1.807, 2.05) is 36.4 Å². The Morgan fingerprint density at radius 3 is 2.60 bits per heavy atom. The predicted molar refractivity (Wildman–Crippen MR) is 79.7 cm³/mol. The lowest BCUT2D eigenvalue weighted by Crippen LogP contribution is -1.94. The highest BCUT2D eigenvalue weighted by molar-refractivity contribution is 5.75. The first-order chi connectivity index (χ1) is 9.69. The number of carboxylic acids is 1. The highest BCUT2D eigenvalue weighted by Gasteiger charge is 2.04. The van der Waals surface area contributed by atoms with Gasteiger partial charge in [-0.1, -0.05) is 42.0 Å². The van der Waals surface area contributed by atoms with Crippen LogP contribution >= 0.6 is 0 Å². The molecule has 0 radical (unpaired) electrons. The summed E-state index contributed by atoms with van der Waals surface area (Å²) in [7, 11) is 1.65. The van der Waals surface area contributed by atoms with Crippen molar-refractivity contribution < 1.29 is 14.6 Å². The van der Waals surface area contributed by atoms with Crippen LogP contribution in [0.3, 0.4) is 0 Å². The second kappa shape index (κ2) is 6.75. The van der Waals surface area contributed by atoms with E-state index in [1.165, 1.54) is 0 Å². The monoisotopic (exact) mass is 270 g/mol. The van der Waals surface area contributed by atoms with Gasteiger partial charge in [-0.2, -0.15) is 0 Å². The third kappa shape index (κ3) is 3.85. The minimum absolute atomic E-state index is 0.175. The number of hydrogen-bond acceptors (Lipinski definition) is 2. The minimum Gasteiger partial charge on any atom is -0.497 e. The van der Waals surface area contributed by atoms with Crippen molar-refractivity contribution in [2.24, 2.45) is 0 Å². The van der Waals surface area contributed by atoms with Crippen LogP contribution in [0, 0.1) is 0 Å². The number of carboxylic acid groups (broad SMARTS) is 1. The highest BCUT2D eigenvalue weighted by atomic mass is 16.5. The number of allylic oxidation sites excluding steroid dienone is 6. The molecule has 0 unspecified atom stereocenters. The van der Waals surface area contributed by atoms with E-state index in [0.717, 1.165) is 28.9 Å². The quantitative estimate of drug-likeness (QED) is 0.884. The van der Waals surface area contributed by atoms with Crippen molar-refractivity contribution in [1.82, 2.24) is 0 Å². The summed E-state index contributed by atoms with van der Waals surface area (Å²) in [5.41, 5.74) is 3.36. The molecule has 0 atom stereocenters. The van der Waals surface area contributed by atoms with Gasteiger partial charge in [0.1, 0.15) is 5.75 Å². The Balaban J connectivity index is 2.06. The summed E-state index contributed by atoms with van der Waals surface area (Å²) in [5, 5.41) is 8.72. The van der Waals surface area contributed by atoms with E-state index in [-0.39, 0.29) is 6.42 Å². The molecular formula is C17H18O3. The Kier molecular flexibility index (Phi) is 4.77. The van der Waals surface area contributed by atoms with Crippen LogP contribution in [-0.2, 0) is 4.79 Å². The smallest absolute Gasteiger partial charge is 0.303 e. The van der Waals surface area contributed by atoms with E-state index in [0.29, 0.717) is 6.42 Å². The summed E-state index contributed by atoms with van der Waals surface area (Å²) in [6.07, 6.45) is 9.85. The van der Waals surface area contributed by atoms with Gasteiger partial charge in [0.05, 0.1) is 7.11 Å². The molecule has 1 aromatic carbocycles. The zero-order chi connectivity index (χ0) is 14.4. The lowest BCUT2D eigenvalue weighted by Gasteiger charge is -2.04. The van der Waals surface area contributed by atoms with Crippen molar-refractivity contribution in [3.63, 3.8) is 0 Å². The fraction of sp³-hybridized carbons (Fsp3) is 0.235. The van der Waals surface area contributed by atoms with Gasteiger partial charge in [-0.3, -0.25) is 4.79 Å². The Hall–Kier alpha value is -2.29. The van der Waals surface area contributed by atoms with E-state index in [2.05, 4.69) is 12.2 Å². The molecule has 1 aliphatic rings. The van der Waals surface area contributed by atoms with E-state index >= 15 is 0 Å². The maximum absolute atomic E-state index is 10.6. The molecule has 0 spiro atoms. The maximum Gasteiger partial charge on any atom is 0.303 e. The lowest BCUT2D eigenvalue weighted by atomic mass is 10.0. The largest absolute Gasteiger partial charge is 0.497 e. The summed E-state index contributed by atoms with van der Waals surface area (Å²) < 4.78 is 5.15. The van der Waals surface area contributed by atoms with Gasteiger partial charge < -0.3 is 9.84 Å². The molecule has 3 heteroatoms. The number of ether oxygens (including phenoxy) is 1. The molecule has 0 saturated carbocycles. The average molecular weight is 270 g/mol. The van der Waals surface area contributed by atoms with Gasteiger partial charge in [0.15, 0.2) is 0 Å². The molecule has 1 N–H and O–H groups in total. The van der Waals surface area contributed by atoms with Crippen molar-refractivity contribution in [2.75, 3.05) is 7.11 Å². The second-order valence-electron chi connectivity index (χ2n) is 4.63. The van der Waals surface area contributed by atoms with Crippen molar-refractivity contribution in [3.8, 4) is 5.75 Å². The molecule has 20 heavy (non-hydrogen) atoms. The molecule has 104 valence electrons. The molecule has 3 nitrogen and oxygen atoms in total. The summed E-state index contributed by atoms with van der Waals surface area (Å²) in [6, 6.07) is 7.93. The van der Waals surface area contributed by atoms with Crippen LogP contribution in [0.2, 0.25) is 0 Å². The zero-order valence-corrected chi connectivity index (χ0v) is 11.5. The van der Waals surface area contributed by atoms with Crippen LogP contribution in [0.25, 0.3) is 5.57 Å². The maximum atomic E-state index is 10.6. The van der Waals surface area contributed by atoms with Crippen molar-refractivity contribution in [1.29, 1.82) is 0 Å². The van der Waals surface area contributed by atoms with Crippen molar-refractivity contribution in [2.45, 2.75) is 19.3 Å². The highest BCUT2D eigenvalue weighted by Crippen LogP contribution is 2.24. The van der Waals surface area contributed by atoms with Gasteiger partial charge in [0.2, 0.25) is 0 Å². The fourth-order valence-electron chi connectivity index (χ4n) is 2.10. The number of benzene rings is 1. The molecule has 0 bridgehead atoms. The molecule has 2 rings (SSSR count). The van der Waals surface area contributed by atoms with Crippen LogP contribution in [-0.4, -0.2) is 18.2 Å². The van der Waals surface area contributed by atoms with Crippen LogP contribution in [0.4, 0.5) is 0 Å². The van der Waals surface area contributed by atoms with Crippen LogP contribution < -0.4 is 4.74 Å². The summed E-state index contributed by atoms with van der Waals surface area (Å²) in [6.45, 7) is 0. The van der Waals surface area contributed by atoms with Crippen LogP contribution in [0.5, 0.6) is 5.75 Å². The molecule has 0 heterocycles. The number of methoxy groups -OCH3 is 1. The molecule has 0 fully saturated rings. The summed E-state index contributed by atoms with van der Waals surface area (Å²) in [4.78, 5) is 10.6. The number of hydrogen-bond donors (Lipinski definition) is 1. The fourth-order valence-corrected chi connectivity index (χ4v) is 2.10. The first-order valence-corrected chi connectivity index (χ1v) is 6.62. The number of aliphatic carboxylic acids is 1. The van der Waals surface area contributed by atoms with Crippen molar-refractivity contribution in [3.05, 3.63) is 59.7 Å². The summed E-state index contributed by atoms with van der Waals surface area (Å²) >= 11 is 0. The van der Waals surface area contributed by atoms with E-state index < -0.39 is 5.97 Å². The third-order valence-corrected chi connectivity index (χ3v) is 3.25. The van der Waals surface area contributed by atoms with E-state index in [1.54, 1.807) is 7.11 Å². The van der Waals surface area contributed by atoms with Crippen LogP contribution in [0.15, 0.2) is 54.1 Å². The normalized spacial score (nSPS) is 14.2. The molecule has 0 amide bonds. The Labute approximate surface area is 118 Å². The Morgan fingerprint density at radius 1 is 1.20 bits per heavy atom. The molecular weight excluding hydrogens is 252 g/mol. The van der Waals surface area contributed by atoms with Crippen molar-refractivity contribution >= 4 is 11.5 Å². The average Bonchev–Trinajstić information content (AvgIpc) is 2.71. The van der Waals surface area contributed by atoms with E-state index in [4.69, 9.17) is 9.84 Å². The molecule has 0 saturated heterocycles. The molecule has 1 aromatic rings. The van der Waals surface area contributed by atoms with Gasteiger partial charge in [-0.05, 0) is 36.1 Å². The topological polar surface area (TPSA) is 46.5 Å². The molecule has 1 aliphatic carbocycles. The minimum atomic E-state index is -0.758. The van der Waals surface area contributed by atoms with E-state index in [9.17, 15) is 4.79 Å². The number of carbonyl (C=O) groups is 1. The van der Waals surface area contributed by atoms with Crippen LogP contribution in [0.1, 0.15) is 24.8 Å². The standard InChI is InChI=1S/C17H18O3/c1-20-16-10-8-15(9-11-16)14-4-2-3-13(5-7-14)6-12-17(18)19/h3-5,7-11H,2,6,12H2,1H3,(H,18,19). The number of rotatable bonds is 5. The molecule has 0 aromatic heterocycles. The van der Waals surface area contributed by atoms with Gasteiger partial charge in [-0.25, -0.2) is 0 Å². The Morgan fingerprint density at radius 2 is 1.95 bits per heavy atom. The summed E-state index contributed by atoms with van der Waals surface area (Å²) in [5.74, 6) is 0.0825. The zero-order valence-electron chi connectivity index (χ0n) is 11.5. The van der Waals surface area contributed by atoms with Gasteiger partial charge >= 0.3 is 5.97 Å². The second-order valence-corrected chi connectivity index (χ2v) is 4.63. The predicted octanol–water partition coefficient (Wildman–Crippen LogP) is 3.83. The first-order valence-electron chi connectivity index (χ1n) is 6.62. The third-order valence-electron chi connectivity index (χ3n) is 3.25.